The van der Waals surface area contributed by atoms with Crippen LogP contribution in [0, 0.1) is 0 Å². The Morgan fingerprint density at radius 2 is 1.93 bits per heavy atom. The maximum Gasteiger partial charge on any atom is 0.255 e. The second-order valence-corrected chi connectivity index (χ2v) is 8.44. The van der Waals surface area contributed by atoms with Crippen LogP contribution in [-0.2, 0) is 6.42 Å². The molecule has 0 atom stereocenters. The topological polar surface area (TPSA) is 69.0 Å². The minimum absolute atomic E-state index is 0.111. The number of rotatable bonds is 8. The van der Waals surface area contributed by atoms with Crippen molar-refractivity contribution in [3.63, 3.8) is 0 Å². The van der Waals surface area contributed by atoms with Gasteiger partial charge in [0, 0.05) is 19.0 Å². The van der Waals surface area contributed by atoms with Crippen LogP contribution in [0.5, 0.6) is 5.75 Å². The molecule has 1 heterocycles. The molecule has 1 fully saturated rings. The molecule has 7 heteroatoms. The maximum absolute atomic E-state index is 12.8. The summed E-state index contributed by atoms with van der Waals surface area (Å²) in [6.07, 6.45) is 8.64. The van der Waals surface area contributed by atoms with Gasteiger partial charge in [-0.3, -0.25) is 4.79 Å². The van der Waals surface area contributed by atoms with Crippen LogP contribution in [-0.4, -0.2) is 40.6 Å². The maximum atomic E-state index is 12.8. The third-order valence-electron chi connectivity index (χ3n) is 5.78. The number of ether oxygens (including phenoxy) is 1. The summed E-state index contributed by atoms with van der Waals surface area (Å²) < 4.78 is 7.78. The Morgan fingerprint density at radius 3 is 2.63 bits per heavy atom. The SMILES string of the molecule is COc1cc2ccccc2cc1C(=O)NCCCc1nnc(SC)n1C1CCCC1. The minimum atomic E-state index is -0.111. The van der Waals surface area contributed by atoms with Crippen molar-refractivity contribution in [2.45, 2.75) is 49.7 Å². The zero-order valence-corrected chi connectivity index (χ0v) is 18.4. The van der Waals surface area contributed by atoms with Gasteiger partial charge in [-0.15, -0.1) is 10.2 Å². The summed E-state index contributed by atoms with van der Waals surface area (Å²) in [4.78, 5) is 12.8. The highest BCUT2D eigenvalue weighted by Gasteiger charge is 2.23. The third kappa shape index (κ3) is 4.31. The average Bonchev–Trinajstić information content (AvgIpc) is 3.44. The van der Waals surface area contributed by atoms with Crippen molar-refractivity contribution < 1.29 is 9.53 Å². The molecule has 2 aromatic carbocycles. The van der Waals surface area contributed by atoms with Gasteiger partial charge < -0.3 is 14.6 Å². The quantitative estimate of drug-likeness (QED) is 0.421. The second-order valence-electron chi connectivity index (χ2n) is 7.67. The molecule has 30 heavy (non-hydrogen) atoms. The van der Waals surface area contributed by atoms with Gasteiger partial charge in [-0.1, -0.05) is 48.9 Å². The van der Waals surface area contributed by atoms with Crippen molar-refractivity contribution in [2.24, 2.45) is 0 Å². The largest absolute Gasteiger partial charge is 0.496 e. The number of hydrogen-bond acceptors (Lipinski definition) is 5. The van der Waals surface area contributed by atoms with Gasteiger partial charge in [0.25, 0.3) is 5.91 Å². The van der Waals surface area contributed by atoms with Crippen molar-refractivity contribution >= 4 is 28.4 Å². The molecule has 158 valence electrons. The Kier molecular flexibility index (Phi) is 6.57. The highest BCUT2D eigenvalue weighted by molar-refractivity contribution is 7.98. The summed E-state index contributed by atoms with van der Waals surface area (Å²) >= 11 is 1.66. The molecule has 0 unspecified atom stereocenters. The highest BCUT2D eigenvalue weighted by atomic mass is 32.2. The summed E-state index contributed by atoms with van der Waals surface area (Å²) in [5.74, 6) is 1.51. The molecule has 1 aliphatic rings. The number of nitrogens with one attached hydrogen (secondary N) is 1. The smallest absolute Gasteiger partial charge is 0.255 e. The Labute approximate surface area is 181 Å². The average molecular weight is 425 g/mol. The van der Waals surface area contributed by atoms with Gasteiger partial charge >= 0.3 is 0 Å². The number of carbonyl (C=O) groups excluding carboxylic acids is 1. The standard InChI is InChI=1S/C23H28N4O2S/c1-29-20-15-17-9-4-3-8-16(17)14-19(20)22(28)24-13-7-12-21-25-26-23(30-2)27(21)18-10-5-6-11-18/h3-4,8-9,14-15,18H,5-7,10-13H2,1-2H3,(H,24,28). The first-order valence-electron chi connectivity index (χ1n) is 10.5. The molecule has 4 rings (SSSR count). The van der Waals surface area contributed by atoms with Gasteiger partial charge in [-0.25, -0.2) is 0 Å². The molecular formula is C23H28N4O2S. The second kappa shape index (κ2) is 9.51. The van der Waals surface area contributed by atoms with Crippen LogP contribution < -0.4 is 10.1 Å². The molecular weight excluding hydrogens is 396 g/mol. The van der Waals surface area contributed by atoms with E-state index in [0.717, 1.165) is 34.6 Å². The molecule has 0 aliphatic heterocycles. The van der Waals surface area contributed by atoms with Crippen LogP contribution in [0.4, 0.5) is 0 Å². The molecule has 1 amide bonds. The minimum Gasteiger partial charge on any atom is -0.496 e. The van der Waals surface area contributed by atoms with E-state index >= 15 is 0 Å². The van der Waals surface area contributed by atoms with Crippen molar-refractivity contribution in [2.75, 3.05) is 19.9 Å². The molecule has 1 aliphatic carbocycles. The number of methoxy groups -OCH3 is 1. The van der Waals surface area contributed by atoms with Crippen LogP contribution in [0.15, 0.2) is 41.6 Å². The number of aromatic nitrogens is 3. The predicted octanol–water partition coefficient (Wildman–Crippen LogP) is 4.64. The molecule has 0 bridgehead atoms. The third-order valence-corrected chi connectivity index (χ3v) is 6.43. The van der Waals surface area contributed by atoms with Gasteiger partial charge in [0.05, 0.1) is 12.7 Å². The zero-order valence-electron chi connectivity index (χ0n) is 17.6. The van der Waals surface area contributed by atoms with E-state index < -0.39 is 0 Å². The van der Waals surface area contributed by atoms with Gasteiger partial charge in [0.2, 0.25) is 0 Å². The monoisotopic (exact) mass is 424 g/mol. The zero-order chi connectivity index (χ0) is 20.9. The molecule has 0 radical (unpaired) electrons. The molecule has 1 aromatic heterocycles. The summed E-state index contributed by atoms with van der Waals surface area (Å²) in [6.45, 7) is 0.584. The van der Waals surface area contributed by atoms with E-state index in [2.05, 4.69) is 26.3 Å². The Hall–Kier alpha value is -2.54. The van der Waals surface area contributed by atoms with Crippen molar-refractivity contribution in [1.29, 1.82) is 0 Å². The van der Waals surface area contributed by atoms with Crippen LogP contribution >= 0.6 is 11.8 Å². The van der Waals surface area contributed by atoms with Gasteiger partial charge in [0.15, 0.2) is 5.16 Å². The molecule has 3 aromatic rings. The number of nitrogens with zero attached hydrogens (tertiary/aromatic N) is 3. The fraction of sp³-hybridized carbons (Fsp3) is 0.435. The van der Waals surface area contributed by atoms with Crippen LogP contribution in [0.2, 0.25) is 0 Å². The van der Waals surface area contributed by atoms with E-state index in [0.29, 0.717) is 23.9 Å². The number of fused-ring (bicyclic) bond motifs is 1. The number of benzene rings is 2. The highest BCUT2D eigenvalue weighted by Crippen LogP contribution is 2.33. The number of thioether (sulfide) groups is 1. The lowest BCUT2D eigenvalue weighted by molar-refractivity contribution is 0.0950. The predicted molar refractivity (Wildman–Crippen MR) is 120 cm³/mol. The van der Waals surface area contributed by atoms with Gasteiger partial charge in [-0.05, 0) is 48.4 Å². The van der Waals surface area contributed by atoms with Gasteiger partial charge in [0.1, 0.15) is 11.6 Å². The summed E-state index contributed by atoms with van der Waals surface area (Å²) in [5.41, 5.74) is 0.565. The van der Waals surface area contributed by atoms with Crippen molar-refractivity contribution in [3.8, 4) is 5.75 Å². The molecule has 0 saturated heterocycles. The van der Waals surface area contributed by atoms with E-state index in [4.69, 9.17) is 4.74 Å². The Morgan fingerprint density at radius 1 is 1.20 bits per heavy atom. The van der Waals surface area contributed by atoms with E-state index in [1.807, 2.05) is 36.4 Å². The lowest BCUT2D eigenvalue weighted by atomic mass is 10.1. The van der Waals surface area contributed by atoms with E-state index in [1.165, 1.54) is 25.7 Å². The van der Waals surface area contributed by atoms with Crippen molar-refractivity contribution in [1.82, 2.24) is 20.1 Å². The normalized spacial score (nSPS) is 14.3. The molecule has 1 N–H and O–H groups in total. The fourth-order valence-electron chi connectivity index (χ4n) is 4.26. The summed E-state index contributed by atoms with van der Waals surface area (Å²) in [5, 5.41) is 14.9. The number of aryl methyl sites for hydroxylation is 1. The first-order valence-corrected chi connectivity index (χ1v) is 11.8. The molecule has 0 spiro atoms. The first-order chi connectivity index (χ1) is 14.7. The lowest BCUT2D eigenvalue weighted by Gasteiger charge is -2.16. The van der Waals surface area contributed by atoms with Crippen molar-refractivity contribution in [3.05, 3.63) is 47.8 Å². The Bertz CT molecular complexity index is 1030. The van der Waals surface area contributed by atoms with E-state index in [-0.39, 0.29) is 5.91 Å². The van der Waals surface area contributed by atoms with Gasteiger partial charge in [-0.2, -0.15) is 0 Å². The van der Waals surface area contributed by atoms with E-state index in [9.17, 15) is 4.79 Å². The first kappa shape index (κ1) is 20.7. The molecule has 6 nitrogen and oxygen atoms in total. The van der Waals surface area contributed by atoms with Crippen LogP contribution in [0.25, 0.3) is 10.8 Å². The summed E-state index contributed by atoms with van der Waals surface area (Å²) in [6, 6.07) is 12.3. The molecule has 1 saturated carbocycles. The number of amides is 1. The van der Waals surface area contributed by atoms with Crippen LogP contribution in [0.3, 0.4) is 0 Å². The number of hydrogen-bond donors (Lipinski definition) is 1. The van der Waals surface area contributed by atoms with E-state index in [1.54, 1.807) is 18.9 Å². The Balaban J connectivity index is 1.39. The fourth-order valence-corrected chi connectivity index (χ4v) is 4.83. The van der Waals surface area contributed by atoms with Crippen LogP contribution in [0.1, 0.15) is 54.3 Å². The number of carbonyl (C=O) groups is 1. The summed E-state index contributed by atoms with van der Waals surface area (Å²) in [7, 11) is 1.60. The lowest BCUT2D eigenvalue weighted by Crippen LogP contribution is -2.25.